The van der Waals surface area contributed by atoms with Crippen molar-refractivity contribution in [3.05, 3.63) is 76.7 Å². The standard InChI is InChI=1S/C23H21F3N2O5/c1-13-17(14(2)33-28-13)12-31-20-11-7-4-8-16(20)22(30)32-15(3)21(29)27-19-10-6-5-9-18(19)23(24,25)26/h4-11,15H,12H2,1-3H3,(H,27,29). The fourth-order valence-electron chi connectivity index (χ4n) is 2.97. The molecule has 0 spiro atoms. The van der Waals surface area contributed by atoms with Crippen molar-refractivity contribution in [3.63, 3.8) is 0 Å². The van der Waals surface area contributed by atoms with E-state index in [0.717, 1.165) is 17.7 Å². The van der Waals surface area contributed by atoms with Gasteiger partial charge in [-0.1, -0.05) is 29.4 Å². The SMILES string of the molecule is Cc1noc(C)c1COc1ccccc1C(=O)OC(C)C(=O)Nc1ccccc1C(F)(F)F. The molecule has 1 unspecified atom stereocenters. The van der Waals surface area contributed by atoms with E-state index in [4.69, 9.17) is 14.0 Å². The number of nitrogens with zero attached hydrogens (tertiary/aromatic N) is 1. The van der Waals surface area contributed by atoms with Crippen LogP contribution in [0.4, 0.5) is 18.9 Å². The van der Waals surface area contributed by atoms with Crippen molar-refractivity contribution < 1.29 is 36.8 Å². The van der Waals surface area contributed by atoms with Crippen LogP contribution in [-0.2, 0) is 22.3 Å². The van der Waals surface area contributed by atoms with E-state index in [1.165, 1.54) is 25.1 Å². The molecule has 0 aliphatic carbocycles. The molecule has 1 N–H and O–H groups in total. The fraction of sp³-hybridized carbons (Fsp3) is 0.261. The lowest BCUT2D eigenvalue weighted by Crippen LogP contribution is -2.31. The first-order chi connectivity index (χ1) is 15.6. The summed E-state index contributed by atoms with van der Waals surface area (Å²) < 4.78 is 55.4. The topological polar surface area (TPSA) is 90.7 Å². The molecule has 0 aliphatic rings. The van der Waals surface area contributed by atoms with Gasteiger partial charge in [0.05, 0.1) is 22.5 Å². The molecule has 0 fully saturated rings. The number of alkyl halides is 3. The average Bonchev–Trinajstić information content (AvgIpc) is 3.09. The summed E-state index contributed by atoms with van der Waals surface area (Å²) in [6, 6.07) is 10.8. The highest BCUT2D eigenvalue weighted by Crippen LogP contribution is 2.34. The maximum Gasteiger partial charge on any atom is 0.418 e. The Morgan fingerprint density at radius 1 is 1.09 bits per heavy atom. The Balaban J connectivity index is 1.69. The summed E-state index contributed by atoms with van der Waals surface area (Å²) in [6.07, 6.45) is -6.02. The second-order valence-electron chi connectivity index (χ2n) is 7.17. The quantitative estimate of drug-likeness (QED) is 0.493. The summed E-state index contributed by atoms with van der Waals surface area (Å²) in [7, 11) is 0. The number of ether oxygens (including phenoxy) is 2. The molecule has 10 heteroatoms. The third-order valence-electron chi connectivity index (χ3n) is 4.80. The number of halogens is 3. The number of hydrogen-bond donors (Lipinski definition) is 1. The van der Waals surface area contributed by atoms with Gasteiger partial charge in [-0.25, -0.2) is 4.79 Å². The minimum atomic E-state index is -4.65. The third kappa shape index (κ3) is 5.71. The van der Waals surface area contributed by atoms with Gasteiger partial charge < -0.3 is 19.3 Å². The van der Waals surface area contributed by atoms with Crippen LogP contribution in [-0.4, -0.2) is 23.1 Å². The van der Waals surface area contributed by atoms with Gasteiger partial charge in [0.15, 0.2) is 6.10 Å². The number of carbonyl (C=O) groups excluding carboxylic acids is 2. The summed E-state index contributed by atoms with van der Waals surface area (Å²) in [5.74, 6) is -0.986. The first-order valence-electron chi connectivity index (χ1n) is 9.89. The van der Waals surface area contributed by atoms with Gasteiger partial charge in [-0.15, -0.1) is 0 Å². The van der Waals surface area contributed by atoms with Crippen LogP contribution in [0.3, 0.4) is 0 Å². The molecule has 0 bridgehead atoms. The van der Waals surface area contributed by atoms with E-state index in [0.29, 0.717) is 11.5 Å². The van der Waals surface area contributed by atoms with Gasteiger partial charge in [0, 0.05) is 0 Å². The lowest BCUT2D eigenvalue weighted by atomic mass is 10.1. The average molecular weight is 462 g/mol. The minimum absolute atomic E-state index is 0.0552. The zero-order chi connectivity index (χ0) is 24.2. The number of esters is 1. The van der Waals surface area contributed by atoms with Gasteiger partial charge in [0.2, 0.25) is 0 Å². The molecule has 0 saturated heterocycles. The molecule has 1 atom stereocenters. The van der Waals surface area contributed by atoms with Gasteiger partial charge in [0.1, 0.15) is 23.7 Å². The highest BCUT2D eigenvalue weighted by molar-refractivity contribution is 5.98. The van der Waals surface area contributed by atoms with Crippen LogP contribution in [0.15, 0.2) is 53.1 Å². The number of para-hydroxylation sites is 2. The Kier molecular flexibility index (Phi) is 7.05. The molecule has 0 saturated carbocycles. The number of rotatable bonds is 7. The molecule has 0 aliphatic heterocycles. The Morgan fingerprint density at radius 2 is 1.76 bits per heavy atom. The maximum atomic E-state index is 13.1. The number of aromatic nitrogens is 1. The molecular weight excluding hydrogens is 441 g/mol. The lowest BCUT2D eigenvalue weighted by Gasteiger charge is -2.17. The van der Waals surface area contributed by atoms with Gasteiger partial charge in [0.25, 0.3) is 5.91 Å². The molecule has 174 valence electrons. The van der Waals surface area contributed by atoms with Crippen LogP contribution >= 0.6 is 0 Å². The highest BCUT2D eigenvalue weighted by atomic mass is 19.4. The van der Waals surface area contributed by atoms with E-state index in [2.05, 4.69) is 10.5 Å². The number of anilines is 1. The van der Waals surface area contributed by atoms with Gasteiger partial charge in [-0.3, -0.25) is 4.79 Å². The maximum absolute atomic E-state index is 13.1. The minimum Gasteiger partial charge on any atom is -0.488 e. The highest BCUT2D eigenvalue weighted by Gasteiger charge is 2.34. The molecule has 33 heavy (non-hydrogen) atoms. The predicted octanol–water partition coefficient (Wildman–Crippen LogP) is 5.07. The van der Waals surface area contributed by atoms with Gasteiger partial charge >= 0.3 is 12.1 Å². The number of nitrogens with one attached hydrogen (secondary N) is 1. The normalized spacial score (nSPS) is 12.2. The van der Waals surface area contributed by atoms with Gasteiger partial charge in [-0.2, -0.15) is 13.2 Å². The van der Waals surface area contributed by atoms with Crippen molar-refractivity contribution in [3.8, 4) is 5.75 Å². The molecule has 7 nitrogen and oxygen atoms in total. The van der Waals surface area contributed by atoms with Crippen molar-refractivity contribution in [1.29, 1.82) is 0 Å². The Hall–Kier alpha value is -3.82. The zero-order valence-corrected chi connectivity index (χ0v) is 18.0. The van der Waals surface area contributed by atoms with E-state index in [9.17, 15) is 22.8 Å². The lowest BCUT2D eigenvalue weighted by molar-refractivity contribution is -0.137. The van der Waals surface area contributed by atoms with E-state index >= 15 is 0 Å². The number of amides is 1. The Labute approximate surface area is 187 Å². The molecule has 1 amide bonds. The first-order valence-corrected chi connectivity index (χ1v) is 9.89. The monoisotopic (exact) mass is 462 g/mol. The van der Waals surface area contributed by atoms with Crippen LogP contribution in [0.1, 0.15) is 39.9 Å². The Morgan fingerprint density at radius 3 is 2.42 bits per heavy atom. The summed E-state index contributed by atoms with van der Waals surface area (Å²) >= 11 is 0. The smallest absolute Gasteiger partial charge is 0.418 e. The number of hydrogen-bond acceptors (Lipinski definition) is 6. The van der Waals surface area contributed by atoms with Crippen LogP contribution in [0.2, 0.25) is 0 Å². The van der Waals surface area contributed by atoms with Crippen molar-refractivity contribution in [2.75, 3.05) is 5.32 Å². The molecule has 1 aromatic heterocycles. The van der Waals surface area contributed by atoms with Gasteiger partial charge in [-0.05, 0) is 45.0 Å². The second kappa shape index (κ2) is 9.76. The van der Waals surface area contributed by atoms with E-state index in [1.807, 2.05) is 0 Å². The van der Waals surface area contributed by atoms with Crippen molar-refractivity contribution in [2.45, 2.75) is 39.7 Å². The number of benzene rings is 2. The third-order valence-corrected chi connectivity index (χ3v) is 4.80. The van der Waals surface area contributed by atoms with Crippen LogP contribution < -0.4 is 10.1 Å². The van der Waals surface area contributed by atoms with Crippen molar-refractivity contribution in [1.82, 2.24) is 5.16 Å². The second-order valence-corrected chi connectivity index (χ2v) is 7.17. The zero-order valence-electron chi connectivity index (χ0n) is 18.0. The Bertz CT molecular complexity index is 1140. The fourth-order valence-corrected chi connectivity index (χ4v) is 2.97. The molecule has 0 radical (unpaired) electrons. The van der Waals surface area contributed by atoms with Crippen molar-refractivity contribution in [2.24, 2.45) is 0 Å². The van der Waals surface area contributed by atoms with Crippen LogP contribution in [0.25, 0.3) is 0 Å². The van der Waals surface area contributed by atoms with Crippen LogP contribution in [0.5, 0.6) is 5.75 Å². The van der Waals surface area contributed by atoms with Crippen molar-refractivity contribution >= 4 is 17.6 Å². The summed E-state index contributed by atoms with van der Waals surface area (Å²) in [4.78, 5) is 25.1. The largest absolute Gasteiger partial charge is 0.488 e. The molecule has 3 aromatic rings. The first kappa shape index (κ1) is 23.8. The molecule has 2 aromatic carbocycles. The molecule has 1 heterocycles. The van der Waals surface area contributed by atoms with E-state index in [1.54, 1.807) is 32.0 Å². The van der Waals surface area contributed by atoms with Crippen LogP contribution in [0, 0.1) is 13.8 Å². The molecular formula is C23H21F3N2O5. The summed E-state index contributed by atoms with van der Waals surface area (Å²) in [5, 5.41) is 6.00. The number of aryl methyl sites for hydroxylation is 2. The summed E-state index contributed by atoms with van der Waals surface area (Å²) in [5.41, 5.74) is 0.00174. The van der Waals surface area contributed by atoms with E-state index in [-0.39, 0.29) is 17.9 Å². The van der Waals surface area contributed by atoms with E-state index < -0.39 is 35.4 Å². The molecule has 3 rings (SSSR count). The summed E-state index contributed by atoms with van der Waals surface area (Å²) in [6.45, 7) is 4.84. The number of carbonyl (C=O) groups is 2. The predicted molar refractivity (Wildman–Crippen MR) is 112 cm³/mol.